The quantitative estimate of drug-likeness (QED) is 0.868. The number of hydrogen-bond acceptors (Lipinski definition) is 3. The average molecular weight is 329 g/mol. The molecule has 0 saturated heterocycles. The van der Waals surface area contributed by atoms with Crippen molar-refractivity contribution in [1.29, 1.82) is 0 Å². The molecule has 0 bridgehead atoms. The van der Waals surface area contributed by atoms with Gasteiger partial charge in [0.2, 0.25) is 0 Å². The van der Waals surface area contributed by atoms with Crippen LogP contribution in [-0.4, -0.2) is 23.7 Å². The van der Waals surface area contributed by atoms with Gasteiger partial charge in [-0.25, -0.2) is 0 Å². The van der Waals surface area contributed by atoms with Crippen molar-refractivity contribution in [1.82, 2.24) is 5.32 Å². The Bertz CT molecular complexity index is 615. The van der Waals surface area contributed by atoms with Crippen molar-refractivity contribution in [3.63, 3.8) is 0 Å². The molecule has 2 aromatic rings. The first-order valence-electron chi connectivity index (χ1n) is 8.33. The molecule has 1 amide bonds. The van der Waals surface area contributed by atoms with E-state index < -0.39 is 6.10 Å². The van der Waals surface area contributed by atoms with E-state index in [1.807, 2.05) is 29.6 Å². The van der Waals surface area contributed by atoms with Crippen LogP contribution in [0, 0.1) is 5.92 Å². The van der Waals surface area contributed by atoms with Crippen molar-refractivity contribution in [3.05, 3.63) is 46.7 Å². The lowest BCUT2D eigenvalue weighted by Crippen LogP contribution is -2.37. The Morgan fingerprint density at radius 2 is 1.87 bits per heavy atom. The lowest BCUT2D eigenvalue weighted by molar-refractivity contribution is 0.0738. The fraction of sp³-hybridized carbons (Fsp3) is 0.421. The number of rotatable bonds is 5. The van der Waals surface area contributed by atoms with Gasteiger partial charge in [0.25, 0.3) is 5.91 Å². The normalized spacial score (nSPS) is 16.9. The molecule has 0 unspecified atom stereocenters. The van der Waals surface area contributed by atoms with Gasteiger partial charge in [0, 0.05) is 12.1 Å². The van der Waals surface area contributed by atoms with E-state index in [1.54, 1.807) is 11.3 Å². The summed E-state index contributed by atoms with van der Waals surface area (Å²) in [6.07, 6.45) is 5.38. The second-order valence-corrected chi connectivity index (χ2v) is 7.04. The van der Waals surface area contributed by atoms with Gasteiger partial charge in [-0.15, -0.1) is 0 Å². The minimum Gasteiger partial charge on any atom is -0.391 e. The van der Waals surface area contributed by atoms with Gasteiger partial charge in [-0.2, -0.15) is 11.3 Å². The van der Waals surface area contributed by atoms with E-state index in [-0.39, 0.29) is 5.91 Å². The number of hydrogen-bond donors (Lipinski definition) is 2. The molecular weight excluding hydrogens is 306 g/mol. The molecular formula is C19H23NO2S. The summed E-state index contributed by atoms with van der Waals surface area (Å²) >= 11 is 1.66. The molecule has 4 heteroatoms. The van der Waals surface area contributed by atoms with Gasteiger partial charge in [0.15, 0.2) is 0 Å². The SMILES string of the molecule is O=C(NC[C@@H](O)C1CCCCC1)c1ccc(-c2ccsc2)cc1. The van der Waals surface area contributed by atoms with Crippen molar-refractivity contribution in [2.75, 3.05) is 6.54 Å². The Labute approximate surface area is 141 Å². The zero-order chi connectivity index (χ0) is 16.1. The van der Waals surface area contributed by atoms with E-state index in [1.165, 1.54) is 24.8 Å². The summed E-state index contributed by atoms with van der Waals surface area (Å²) in [5.41, 5.74) is 2.93. The first-order chi connectivity index (χ1) is 11.2. The number of thiophene rings is 1. The summed E-state index contributed by atoms with van der Waals surface area (Å²) in [6, 6.07) is 9.69. The van der Waals surface area contributed by atoms with Crippen LogP contribution in [0.4, 0.5) is 0 Å². The zero-order valence-electron chi connectivity index (χ0n) is 13.2. The fourth-order valence-corrected chi connectivity index (χ4v) is 3.89. The van der Waals surface area contributed by atoms with Crippen LogP contribution in [0.1, 0.15) is 42.5 Å². The van der Waals surface area contributed by atoms with Crippen molar-refractivity contribution in [2.45, 2.75) is 38.2 Å². The van der Waals surface area contributed by atoms with E-state index in [0.29, 0.717) is 18.0 Å². The Hall–Kier alpha value is -1.65. The number of aliphatic hydroxyl groups is 1. The number of nitrogens with one attached hydrogen (secondary N) is 1. The Kier molecular flexibility index (Phi) is 5.47. The van der Waals surface area contributed by atoms with Crippen LogP contribution in [0.25, 0.3) is 11.1 Å². The van der Waals surface area contributed by atoms with E-state index in [9.17, 15) is 9.90 Å². The third-order valence-corrected chi connectivity index (χ3v) is 5.35. The highest BCUT2D eigenvalue weighted by Gasteiger charge is 2.22. The number of carbonyl (C=O) groups excluding carboxylic acids is 1. The molecule has 1 aromatic carbocycles. The van der Waals surface area contributed by atoms with Crippen molar-refractivity contribution in [2.24, 2.45) is 5.92 Å². The molecule has 1 saturated carbocycles. The Balaban J connectivity index is 1.53. The number of aliphatic hydroxyl groups excluding tert-OH is 1. The van der Waals surface area contributed by atoms with Gasteiger partial charge in [0.05, 0.1) is 6.10 Å². The maximum absolute atomic E-state index is 12.2. The predicted molar refractivity (Wildman–Crippen MR) is 94.7 cm³/mol. The average Bonchev–Trinajstić information content (AvgIpc) is 3.15. The second kappa shape index (κ2) is 7.75. The molecule has 23 heavy (non-hydrogen) atoms. The van der Waals surface area contributed by atoms with E-state index in [0.717, 1.165) is 18.4 Å². The van der Waals surface area contributed by atoms with Gasteiger partial charge >= 0.3 is 0 Å². The summed E-state index contributed by atoms with van der Waals surface area (Å²) < 4.78 is 0. The van der Waals surface area contributed by atoms with E-state index >= 15 is 0 Å². The van der Waals surface area contributed by atoms with Crippen molar-refractivity contribution < 1.29 is 9.90 Å². The predicted octanol–water partition coefficient (Wildman–Crippen LogP) is 4.09. The Morgan fingerprint density at radius 1 is 1.13 bits per heavy atom. The second-order valence-electron chi connectivity index (χ2n) is 6.26. The van der Waals surface area contributed by atoms with Gasteiger partial charge in [-0.1, -0.05) is 31.4 Å². The molecule has 1 aliphatic carbocycles. The van der Waals surface area contributed by atoms with Crippen molar-refractivity contribution >= 4 is 17.2 Å². The summed E-state index contributed by atoms with van der Waals surface area (Å²) in [7, 11) is 0. The highest BCUT2D eigenvalue weighted by Crippen LogP contribution is 2.26. The molecule has 1 fully saturated rings. The largest absolute Gasteiger partial charge is 0.391 e. The number of carbonyl (C=O) groups is 1. The van der Waals surface area contributed by atoms with Gasteiger partial charge < -0.3 is 10.4 Å². The standard InChI is InChI=1S/C19H23NO2S/c21-18(15-4-2-1-3-5-15)12-20-19(22)16-8-6-14(7-9-16)17-10-11-23-13-17/h6-11,13,15,18,21H,1-5,12H2,(H,20,22)/t18-/m1/s1. The highest BCUT2D eigenvalue weighted by molar-refractivity contribution is 7.08. The fourth-order valence-electron chi connectivity index (χ4n) is 3.23. The van der Waals surface area contributed by atoms with Gasteiger partial charge in [0.1, 0.15) is 0 Å². The molecule has 0 radical (unpaired) electrons. The number of benzene rings is 1. The van der Waals surface area contributed by atoms with Crippen LogP contribution in [0.3, 0.4) is 0 Å². The third kappa shape index (κ3) is 4.21. The van der Waals surface area contributed by atoms with Crippen LogP contribution >= 0.6 is 11.3 Å². The number of amides is 1. The molecule has 1 atom stereocenters. The monoisotopic (exact) mass is 329 g/mol. The molecule has 0 aliphatic heterocycles. The van der Waals surface area contributed by atoms with Crippen LogP contribution in [0.2, 0.25) is 0 Å². The van der Waals surface area contributed by atoms with Crippen LogP contribution in [-0.2, 0) is 0 Å². The van der Waals surface area contributed by atoms with Gasteiger partial charge in [-0.05, 0) is 58.8 Å². The molecule has 2 N–H and O–H groups in total. The third-order valence-electron chi connectivity index (χ3n) is 4.67. The molecule has 3 nitrogen and oxygen atoms in total. The molecule has 1 aliphatic rings. The minimum absolute atomic E-state index is 0.114. The first kappa shape index (κ1) is 16.2. The molecule has 1 heterocycles. The van der Waals surface area contributed by atoms with Crippen LogP contribution in [0.5, 0.6) is 0 Å². The molecule has 1 aromatic heterocycles. The van der Waals surface area contributed by atoms with E-state index in [4.69, 9.17) is 0 Å². The summed E-state index contributed by atoms with van der Waals surface area (Å²) in [5, 5.41) is 17.2. The minimum atomic E-state index is -0.427. The smallest absolute Gasteiger partial charge is 0.251 e. The zero-order valence-corrected chi connectivity index (χ0v) is 14.0. The van der Waals surface area contributed by atoms with Crippen molar-refractivity contribution in [3.8, 4) is 11.1 Å². The molecule has 3 rings (SSSR count). The lowest BCUT2D eigenvalue weighted by atomic mass is 9.85. The van der Waals surface area contributed by atoms with Gasteiger partial charge in [-0.3, -0.25) is 4.79 Å². The Morgan fingerprint density at radius 3 is 2.52 bits per heavy atom. The topological polar surface area (TPSA) is 49.3 Å². The molecule has 0 spiro atoms. The molecule has 122 valence electrons. The summed E-state index contributed by atoms with van der Waals surface area (Å²) in [5.74, 6) is 0.224. The highest BCUT2D eigenvalue weighted by atomic mass is 32.1. The summed E-state index contributed by atoms with van der Waals surface area (Å²) in [4.78, 5) is 12.2. The maximum atomic E-state index is 12.2. The van der Waals surface area contributed by atoms with Crippen LogP contribution < -0.4 is 5.32 Å². The summed E-state index contributed by atoms with van der Waals surface area (Å²) in [6.45, 7) is 0.343. The first-order valence-corrected chi connectivity index (χ1v) is 9.27. The van der Waals surface area contributed by atoms with E-state index in [2.05, 4.69) is 16.8 Å². The maximum Gasteiger partial charge on any atom is 0.251 e. The lowest BCUT2D eigenvalue weighted by Gasteiger charge is -2.26. The van der Waals surface area contributed by atoms with Crippen LogP contribution in [0.15, 0.2) is 41.1 Å².